The van der Waals surface area contributed by atoms with Crippen molar-refractivity contribution in [3.8, 4) is 0 Å². The van der Waals surface area contributed by atoms with Crippen molar-refractivity contribution >= 4 is 11.8 Å². The van der Waals surface area contributed by atoms with Crippen molar-refractivity contribution in [2.45, 2.75) is 44.2 Å². The summed E-state index contributed by atoms with van der Waals surface area (Å²) in [4.78, 5) is 28.5. The third-order valence-corrected chi connectivity index (χ3v) is 5.89. The fraction of sp³-hybridized carbons (Fsp3) is 0.636. The molecule has 1 aliphatic carbocycles. The maximum atomic E-state index is 13.6. The summed E-state index contributed by atoms with van der Waals surface area (Å²) in [6, 6.07) is 6.12. The lowest BCUT2D eigenvalue weighted by Crippen LogP contribution is -2.52. The second-order valence-electron chi connectivity index (χ2n) is 8.32. The minimum absolute atomic E-state index is 0.0233. The van der Waals surface area contributed by atoms with Gasteiger partial charge in [0.25, 0.3) is 5.91 Å². The van der Waals surface area contributed by atoms with Gasteiger partial charge >= 0.3 is 0 Å². The van der Waals surface area contributed by atoms with Gasteiger partial charge in [-0.15, -0.1) is 0 Å². The summed E-state index contributed by atoms with van der Waals surface area (Å²) in [6.45, 7) is 3.98. The van der Waals surface area contributed by atoms with E-state index in [0.29, 0.717) is 19.1 Å². The van der Waals surface area contributed by atoms with Gasteiger partial charge in [-0.3, -0.25) is 19.4 Å². The van der Waals surface area contributed by atoms with Gasteiger partial charge in [-0.2, -0.15) is 0 Å². The average molecular weight is 421 g/mol. The number of nitrogens with zero attached hydrogens (tertiary/aromatic N) is 2. The largest absolute Gasteiger partial charge is 0.390 e. The van der Waals surface area contributed by atoms with Crippen LogP contribution < -0.4 is 10.6 Å². The van der Waals surface area contributed by atoms with Crippen LogP contribution in [0.4, 0.5) is 4.39 Å². The highest BCUT2D eigenvalue weighted by Gasteiger charge is 2.23. The molecule has 0 spiro atoms. The number of aliphatic hydroxyl groups excluding tert-OH is 1. The maximum Gasteiger partial charge on any atom is 0.254 e. The molecule has 1 unspecified atom stereocenters. The Labute approximate surface area is 177 Å². The second-order valence-corrected chi connectivity index (χ2v) is 8.32. The molecule has 0 bridgehead atoms. The van der Waals surface area contributed by atoms with Crippen LogP contribution >= 0.6 is 0 Å². The van der Waals surface area contributed by atoms with Crippen molar-refractivity contribution in [3.05, 3.63) is 35.6 Å². The van der Waals surface area contributed by atoms with E-state index in [1.807, 2.05) is 0 Å². The number of halogens is 1. The smallest absolute Gasteiger partial charge is 0.254 e. The number of benzene rings is 1. The molecule has 3 N–H and O–H groups in total. The lowest BCUT2D eigenvalue weighted by Gasteiger charge is -2.35. The number of amides is 2. The predicted molar refractivity (Wildman–Crippen MR) is 113 cm³/mol. The average Bonchev–Trinajstić information content (AvgIpc) is 2.74. The van der Waals surface area contributed by atoms with E-state index < -0.39 is 17.8 Å². The zero-order chi connectivity index (χ0) is 21.3. The van der Waals surface area contributed by atoms with Crippen molar-refractivity contribution in [2.24, 2.45) is 0 Å². The van der Waals surface area contributed by atoms with Gasteiger partial charge in [-0.25, -0.2) is 4.39 Å². The van der Waals surface area contributed by atoms with Crippen LogP contribution in [0.2, 0.25) is 0 Å². The summed E-state index contributed by atoms with van der Waals surface area (Å²) in [5.74, 6) is -1.000. The molecule has 8 heteroatoms. The number of β-amino-alcohol motifs (C(OH)–C–C–N with tert-alkyl or cyclic N) is 1. The standard InChI is InChI=1S/C22H33FN4O3/c23-20-9-5-4-8-19(20)22(30)24-14-18(28)15-26-10-12-27(13-11-26)16-21(29)25-17-6-2-1-3-7-17/h4-5,8-9,17-18,28H,1-3,6-7,10-16H2,(H,24,30)(H,25,29). The van der Waals surface area contributed by atoms with Crippen LogP contribution in [0.15, 0.2) is 24.3 Å². The second kappa shape index (κ2) is 11.4. The summed E-state index contributed by atoms with van der Waals surface area (Å²) >= 11 is 0. The Hall–Kier alpha value is -2.03. The van der Waals surface area contributed by atoms with Gasteiger partial charge in [-0.05, 0) is 25.0 Å². The first-order valence-corrected chi connectivity index (χ1v) is 11.0. The zero-order valence-electron chi connectivity index (χ0n) is 17.5. The van der Waals surface area contributed by atoms with Crippen LogP contribution in [0.3, 0.4) is 0 Å². The van der Waals surface area contributed by atoms with E-state index >= 15 is 0 Å². The van der Waals surface area contributed by atoms with Gasteiger partial charge in [0.2, 0.25) is 5.91 Å². The first-order chi connectivity index (χ1) is 14.5. The molecular weight excluding hydrogens is 387 g/mol. The lowest BCUT2D eigenvalue weighted by molar-refractivity contribution is -0.123. The molecule has 0 aromatic heterocycles. The molecule has 1 saturated carbocycles. The van der Waals surface area contributed by atoms with E-state index in [1.165, 1.54) is 37.5 Å². The summed E-state index contributed by atoms with van der Waals surface area (Å²) in [5.41, 5.74) is -0.0233. The van der Waals surface area contributed by atoms with E-state index in [0.717, 1.165) is 39.0 Å². The highest BCUT2D eigenvalue weighted by Crippen LogP contribution is 2.17. The number of aliphatic hydroxyl groups is 1. The highest BCUT2D eigenvalue weighted by molar-refractivity contribution is 5.94. The van der Waals surface area contributed by atoms with Crippen LogP contribution in [0, 0.1) is 5.82 Å². The van der Waals surface area contributed by atoms with Crippen molar-refractivity contribution in [2.75, 3.05) is 45.8 Å². The Balaban J connectivity index is 1.31. The minimum atomic E-state index is -0.734. The number of piperazine rings is 1. The molecule has 1 aromatic carbocycles. The van der Waals surface area contributed by atoms with Crippen LogP contribution in [-0.2, 0) is 4.79 Å². The van der Waals surface area contributed by atoms with Gasteiger partial charge in [0.05, 0.1) is 18.2 Å². The number of rotatable bonds is 8. The molecule has 30 heavy (non-hydrogen) atoms. The monoisotopic (exact) mass is 420 g/mol. The Morgan fingerprint density at radius 1 is 1.07 bits per heavy atom. The molecule has 1 heterocycles. The van der Waals surface area contributed by atoms with E-state index in [1.54, 1.807) is 6.07 Å². The number of carbonyl (C=O) groups is 2. The molecule has 2 fully saturated rings. The highest BCUT2D eigenvalue weighted by atomic mass is 19.1. The Morgan fingerprint density at radius 2 is 1.73 bits per heavy atom. The fourth-order valence-electron chi connectivity index (χ4n) is 4.17. The van der Waals surface area contributed by atoms with E-state index in [2.05, 4.69) is 20.4 Å². The molecule has 1 saturated heterocycles. The van der Waals surface area contributed by atoms with Crippen LogP contribution in [0.1, 0.15) is 42.5 Å². The molecule has 1 atom stereocenters. The zero-order valence-corrected chi connectivity index (χ0v) is 17.5. The van der Waals surface area contributed by atoms with Crippen LogP contribution in [0.5, 0.6) is 0 Å². The van der Waals surface area contributed by atoms with Gasteiger partial charge in [0.15, 0.2) is 0 Å². The molecule has 1 aromatic rings. The van der Waals surface area contributed by atoms with Gasteiger partial charge in [0, 0.05) is 45.3 Å². The SMILES string of the molecule is O=C(CN1CCN(CC(O)CNC(=O)c2ccccc2F)CC1)NC1CCCCC1. The van der Waals surface area contributed by atoms with Crippen molar-refractivity contribution in [3.63, 3.8) is 0 Å². The Kier molecular flexibility index (Phi) is 8.60. The molecule has 3 rings (SSSR count). The van der Waals surface area contributed by atoms with E-state index in [4.69, 9.17) is 0 Å². The molecule has 166 valence electrons. The van der Waals surface area contributed by atoms with Gasteiger partial charge in [0.1, 0.15) is 5.82 Å². The minimum Gasteiger partial charge on any atom is -0.390 e. The lowest BCUT2D eigenvalue weighted by atomic mass is 9.95. The summed E-state index contributed by atoms with van der Waals surface area (Å²) < 4.78 is 13.6. The molecule has 2 aliphatic rings. The third-order valence-electron chi connectivity index (χ3n) is 5.89. The van der Waals surface area contributed by atoms with Gasteiger partial charge in [-0.1, -0.05) is 31.4 Å². The predicted octanol–water partition coefficient (Wildman–Crippen LogP) is 0.983. The maximum absolute atomic E-state index is 13.6. The van der Waals surface area contributed by atoms with Crippen LogP contribution in [-0.4, -0.2) is 84.7 Å². The third kappa shape index (κ3) is 7.04. The molecule has 1 aliphatic heterocycles. The fourth-order valence-corrected chi connectivity index (χ4v) is 4.17. The molecular formula is C22H33FN4O3. The Morgan fingerprint density at radius 3 is 2.43 bits per heavy atom. The summed E-state index contributed by atoms with van der Waals surface area (Å²) in [5, 5.41) is 16.0. The van der Waals surface area contributed by atoms with Crippen molar-refractivity contribution in [1.29, 1.82) is 0 Å². The number of hydrogen-bond acceptors (Lipinski definition) is 5. The van der Waals surface area contributed by atoms with Crippen molar-refractivity contribution < 1.29 is 19.1 Å². The molecule has 0 radical (unpaired) electrons. The van der Waals surface area contributed by atoms with Crippen molar-refractivity contribution in [1.82, 2.24) is 20.4 Å². The quantitative estimate of drug-likeness (QED) is 0.584. The molecule has 7 nitrogen and oxygen atoms in total. The van der Waals surface area contributed by atoms with E-state index in [9.17, 15) is 19.1 Å². The first kappa shape index (κ1) is 22.7. The van der Waals surface area contributed by atoms with Gasteiger partial charge < -0.3 is 15.7 Å². The summed E-state index contributed by atoms with van der Waals surface area (Å²) in [6.07, 6.45) is 5.11. The Bertz CT molecular complexity index is 703. The topological polar surface area (TPSA) is 84.9 Å². The molecule has 2 amide bonds. The summed E-state index contributed by atoms with van der Waals surface area (Å²) in [7, 11) is 0. The first-order valence-electron chi connectivity index (χ1n) is 11.0. The number of nitrogens with one attached hydrogen (secondary N) is 2. The number of carbonyl (C=O) groups excluding carboxylic acids is 2. The van der Waals surface area contributed by atoms with E-state index in [-0.39, 0.29) is 18.0 Å². The number of hydrogen-bond donors (Lipinski definition) is 3. The normalized spacial score (nSPS) is 19.9. The van der Waals surface area contributed by atoms with Crippen LogP contribution in [0.25, 0.3) is 0 Å².